The summed E-state index contributed by atoms with van der Waals surface area (Å²) in [6, 6.07) is 0. The number of hydrogen-bond acceptors (Lipinski definition) is 2. The van der Waals surface area contributed by atoms with Crippen LogP contribution in [0.3, 0.4) is 0 Å². The second-order valence-corrected chi connectivity index (χ2v) is 11.2. The molecular formula is C25H47Br2N3O2. The third-order valence-electron chi connectivity index (χ3n) is 9.06. The number of nitrogens with one attached hydrogen (secondary N) is 1. The van der Waals surface area contributed by atoms with Crippen LogP contribution in [0.2, 0.25) is 0 Å². The third-order valence-corrected chi connectivity index (χ3v) is 9.06. The highest BCUT2D eigenvalue weighted by Crippen LogP contribution is 2.35. The number of rotatable bonds is 7. The molecule has 4 aliphatic heterocycles. The van der Waals surface area contributed by atoms with Crippen molar-refractivity contribution < 1.29 is 52.5 Å². The van der Waals surface area contributed by atoms with Gasteiger partial charge in [0.15, 0.2) is 0 Å². The summed E-state index contributed by atoms with van der Waals surface area (Å²) >= 11 is 0. The molecule has 5 nitrogen and oxygen atoms in total. The number of amides is 1. The Morgan fingerprint density at radius 2 is 1.19 bits per heavy atom. The zero-order chi connectivity index (χ0) is 20.9. The van der Waals surface area contributed by atoms with E-state index in [2.05, 4.69) is 12.2 Å². The summed E-state index contributed by atoms with van der Waals surface area (Å²) < 4.78 is 8.81. The van der Waals surface area contributed by atoms with E-state index in [9.17, 15) is 4.79 Å². The standard InChI is InChI=1S/C25H46N3O2.2BrH/c1-2-11-26-25(29)30-24(20-22-7-16-27(17-8-22)12-3-4-13-27)21-23-9-18-28(19-10-23)14-5-6-15-28;;/h22-24H,2-21H2,1H3;2*1H/q+1;;/p-1. The molecule has 4 fully saturated rings. The largest absolute Gasteiger partial charge is 1.00 e. The summed E-state index contributed by atoms with van der Waals surface area (Å²) in [5, 5.41) is 2.95. The lowest BCUT2D eigenvalue weighted by molar-refractivity contribution is -0.922. The molecule has 0 unspecified atom stereocenters. The molecular weight excluding hydrogens is 534 g/mol. The van der Waals surface area contributed by atoms with Crippen LogP contribution < -0.4 is 39.3 Å². The molecule has 0 aromatic heterocycles. The Hall–Kier alpha value is 0.150. The van der Waals surface area contributed by atoms with Gasteiger partial charge >= 0.3 is 6.09 Å². The van der Waals surface area contributed by atoms with Gasteiger partial charge in [0.25, 0.3) is 0 Å². The molecule has 0 aromatic rings. The molecule has 32 heavy (non-hydrogen) atoms. The first-order valence-electron chi connectivity index (χ1n) is 13.3. The van der Waals surface area contributed by atoms with Crippen LogP contribution in [0.1, 0.15) is 77.6 Å². The van der Waals surface area contributed by atoms with Gasteiger partial charge in [-0.05, 0) is 56.8 Å². The quantitative estimate of drug-likeness (QED) is 0.366. The van der Waals surface area contributed by atoms with Crippen LogP contribution in [0.4, 0.5) is 4.79 Å². The van der Waals surface area contributed by atoms with E-state index in [1.165, 1.54) is 113 Å². The summed E-state index contributed by atoms with van der Waals surface area (Å²) in [4.78, 5) is 12.4. The van der Waals surface area contributed by atoms with E-state index in [1.54, 1.807) is 0 Å². The maximum Gasteiger partial charge on any atom is 0.407 e. The van der Waals surface area contributed by atoms with Gasteiger partial charge in [0.1, 0.15) is 6.10 Å². The van der Waals surface area contributed by atoms with Crippen molar-refractivity contribution in [3.63, 3.8) is 0 Å². The normalized spacial score (nSPS) is 27.5. The Morgan fingerprint density at radius 3 is 1.56 bits per heavy atom. The topological polar surface area (TPSA) is 38.3 Å². The number of nitrogens with zero attached hydrogens (tertiary/aromatic N) is 2. The molecule has 1 N–H and O–H groups in total. The highest BCUT2D eigenvalue weighted by atomic mass is 79.9. The molecule has 4 heterocycles. The highest BCUT2D eigenvalue weighted by Gasteiger charge is 2.39. The Balaban J connectivity index is 0.00000181. The zero-order valence-corrected chi connectivity index (χ0v) is 23.5. The lowest BCUT2D eigenvalue weighted by Crippen LogP contribution is -3.00. The minimum atomic E-state index is -0.181. The van der Waals surface area contributed by atoms with Crippen LogP contribution in [0.25, 0.3) is 0 Å². The van der Waals surface area contributed by atoms with Crippen molar-refractivity contribution >= 4 is 6.09 Å². The van der Waals surface area contributed by atoms with Crippen molar-refractivity contribution in [3.8, 4) is 0 Å². The number of halogens is 2. The molecule has 1 amide bonds. The Morgan fingerprint density at radius 1 is 0.781 bits per heavy atom. The lowest BCUT2D eigenvalue weighted by atomic mass is 9.84. The van der Waals surface area contributed by atoms with Gasteiger partial charge in [-0.3, -0.25) is 0 Å². The zero-order valence-electron chi connectivity index (χ0n) is 20.3. The van der Waals surface area contributed by atoms with Crippen molar-refractivity contribution in [2.24, 2.45) is 11.8 Å². The van der Waals surface area contributed by atoms with Crippen LogP contribution in [0.5, 0.6) is 0 Å². The number of hydrogen-bond donors (Lipinski definition) is 1. The fourth-order valence-corrected chi connectivity index (χ4v) is 7.07. The van der Waals surface area contributed by atoms with Crippen molar-refractivity contribution in [2.75, 3.05) is 58.9 Å². The maximum absolute atomic E-state index is 12.4. The molecule has 2 spiro atoms. The molecule has 4 aliphatic rings. The van der Waals surface area contributed by atoms with Crippen molar-refractivity contribution in [1.29, 1.82) is 0 Å². The van der Waals surface area contributed by atoms with Gasteiger partial charge in [-0.25, -0.2) is 4.79 Å². The van der Waals surface area contributed by atoms with Gasteiger partial charge in [-0.2, -0.15) is 0 Å². The molecule has 0 saturated carbocycles. The van der Waals surface area contributed by atoms with Gasteiger partial charge < -0.3 is 53.0 Å². The van der Waals surface area contributed by atoms with Gasteiger partial charge in [-0.1, -0.05) is 6.92 Å². The molecule has 0 atom stereocenters. The summed E-state index contributed by atoms with van der Waals surface area (Å²) in [5.41, 5.74) is 0. The smallest absolute Gasteiger partial charge is 0.407 e. The Kier molecular flexibility index (Phi) is 11.8. The van der Waals surface area contributed by atoms with Gasteiger partial charge in [0, 0.05) is 32.2 Å². The molecule has 7 heteroatoms. The van der Waals surface area contributed by atoms with Gasteiger partial charge in [-0.15, -0.1) is 0 Å². The first-order valence-corrected chi connectivity index (χ1v) is 13.3. The predicted octanol–water partition coefficient (Wildman–Crippen LogP) is -1.68. The van der Waals surface area contributed by atoms with E-state index in [1.807, 2.05) is 0 Å². The van der Waals surface area contributed by atoms with Gasteiger partial charge in [0.2, 0.25) is 0 Å². The van der Waals surface area contributed by atoms with E-state index in [0.29, 0.717) is 0 Å². The average molecular weight is 581 g/mol. The van der Waals surface area contributed by atoms with Crippen molar-refractivity contribution in [2.45, 2.75) is 83.7 Å². The molecule has 0 radical (unpaired) electrons. The van der Waals surface area contributed by atoms with E-state index in [0.717, 1.165) is 37.6 Å². The number of carbonyl (C=O) groups is 1. The van der Waals surface area contributed by atoms with Crippen molar-refractivity contribution in [1.82, 2.24) is 5.32 Å². The average Bonchev–Trinajstić information content (AvgIpc) is 3.40. The van der Waals surface area contributed by atoms with E-state index in [-0.39, 0.29) is 46.2 Å². The Labute approximate surface area is 217 Å². The predicted molar refractivity (Wildman–Crippen MR) is 121 cm³/mol. The molecule has 4 saturated heterocycles. The lowest BCUT2D eigenvalue weighted by Gasteiger charge is -2.42. The highest BCUT2D eigenvalue weighted by molar-refractivity contribution is 5.67. The van der Waals surface area contributed by atoms with Gasteiger partial charge in [0.05, 0.1) is 52.4 Å². The third kappa shape index (κ3) is 7.58. The fourth-order valence-electron chi connectivity index (χ4n) is 7.07. The number of carbonyl (C=O) groups excluding carboxylic acids is 1. The summed E-state index contributed by atoms with van der Waals surface area (Å²) in [5.74, 6) is 1.50. The first-order chi connectivity index (χ1) is 14.6. The number of ether oxygens (including phenoxy) is 1. The monoisotopic (exact) mass is 579 g/mol. The molecule has 188 valence electrons. The summed E-state index contributed by atoms with van der Waals surface area (Å²) in [7, 11) is 0. The second-order valence-electron chi connectivity index (χ2n) is 11.2. The molecule has 0 bridgehead atoms. The van der Waals surface area contributed by atoms with E-state index in [4.69, 9.17) is 4.74 Å². The number of alkyl carbamates (subject to hydrolysis) is 1. The molecule has 0 aliphatic carbocycles. The Bertz CT molecular complexity index is 507. The number of quaternary nitrogens is 2. The summed E-state index contributed by atoms with van der Waals surface area (Å²) in [6.45, 7) is 13.9. The minimum absolute atomic E-state index is 0. The first kappa shape index (κ1) is 28.4. The molecule has 0 aromatic carbocycles. The summed E-state index contributed by atoms with van der Waals surface area (Å²) in [6.07, 6.45) is 14.1. The fraction of sp³-hybridized carbons (Fsp3) is 0.960. The molecule has 4 rings (SSSR count). The van der Waals surface area contributed by atoms with E-state index >= 15 is 0 Å². The second kappa shape index (κ2) is 13.3. The number of piperidine rings is 2. The minimum Gasteiger partial charge on any atom is -1.00 e. The van der Waals surface area contributed by atoms with Crippen LogP contribution in [-0.4, -0.2) is 80.1 Å². The van der Waals surface area contributed by atoms with Crippen LogP contribution in [0.15, 0.2) is 0 Å². The van der Waals surface area contributed by atoms with E-state index < -0.39 is 0 Å². The van der Waals surface area contributed by atoms with Crippen molar-refractivity contribution in [3.05, 3.63) is 0 Å². The SMILES string of the molecule is CCCNC(=O)OC(CC1CC[N+]2(CCCC2)CC1)CC1CC[N+]2(CCCC2)CC1.[Br-].[Br-]. The maximum atomic E-state index is 12.4. The van der Waals surface area contributed by atoms with Crippen LogP contribution in [-0.2, 0) is 4.74 Å². The van der Waals surface area contributed by atoms with Crippen LogP contribution in [0, 0.1) is 11.8 Å². The van der Waals surface area contributed by atoms with Crippen LogP contribution >= 0.6 is 0 Å².